The average molecular weight is 382 g/mol. The quantitative estimate of drug-likeness (QED) is 0.442. The van der Waals surface area contributed by atoms with Crippen LogP contribution in [0.25, 0.3) is 11.1 Å². The van der Waals surface area contributed by atoms with Gasteiger partial charge in [0, 0.05) is 6.42 Å². The summed E-state index contributed by atoms with van der Waals surface area (Å²) in [6.07, 6.45) is -3.95. The first-order valence-corrected chi connectivity index (χ1v) is 8.59. The van der Waals surface area contributed by atoms with Crippen molar-refractivity contribution in [2.75, 3.05) is 0 Å². The highest BCUT2D eigenvalue weighted by molar-refractivity contribution is 5.78. The molecule has 0 heterocycles. The standard InChI is InChI=1S/C22H17F3N2O/c1-15(28)14-16-2-4-17(5-3-16)18-6-10-20(11-7-18)26-27-21-12-8-19(9-13-21)22(23,24)25/h2-13H,14H2,1H3. The molecular formula is C22H17F3N2O. The van der Waals surface area contributed by atoms with Crippen LogP contribution in [0.1, 0.15) is 18.1 Å². The molecule has 3 rings (SSSR count). The predicted octanol–water partition coefficient (Wildman–Crippen LogP) is 6.92. The Bertz CT molecular complexity index is 974. The number of nitrogens with zero attached hydrogens (tertiary/aromatic N) is 2. The molecule has 0 aliphatic rings. The normalized spacial score (nSPS) is 11.7. The van der Waals surface area contributed by atoms with Gasteiger partial charge in [0.05, 0.1) is 16.9 Å². The number of halogens is 3. The summed E-state index contributed by atoms with van der Waals surface area (Å²) in [5, 5.41) is 8.02. The van der Waals surface area contributed by atoms with Crippen LogP contribution in [0.4, 0.5) is 24.5 Å². The summed E-state index contributed by atoms with van der Waals surface area (Å²) < 4.78 is 37.7. The molecule has 0 bridgehead atoms. The number of azo groups is 1. The van der Waals surface area contributed by atoms with E-state index in [1.54, 1.807) is 19.1 Å². The maximum Gasteiger partial charge on any atom is 0.416 e. The number of carbonyl (C=O) groups is 1. The Kier molecular flexibility index (Phi) is 5.68. The molecule has 0 aliphatic heterocycles. The topological polar surface area (TPSA) is 41.8 Å². The number of Topliss-reactive ketones (excluding diaryl/α,β-unsaturated/α-hetero) is 1. The molecule has 0 unspecified atom stereocenters. The Hall–Kier alpha value is -3.28. The third-order valence-corrected chi connectivity index (χ3v) is 4.08. The molecule has 142 valence electrons. The number of hydrogen-bond acceptors (Lipinski definition) is 3. The van der Waals surface area contributed by atoms with E-state index in [4.69, 9.17) is 0 Å². The second kappa shape index (κ2) is 8.17. The zero-order chi connectivity index (χ0) is 20.1. The fourth-order valence-corrected chi connectivity index (χ4v) is 2.66. The molecule has 0 N–H and O–H groups in total. The minimum absolute atomic E-state index is 0.121. The SMILES string of the molecule is CC(=O)Cc1ccc(-c2ccc(N=Nc3ccc(C(F)(F)F)cc3)cc2)cc1. The zero-order valence-electron chi connectivity index (χ0n) is 15.1. The highest BCUT2D eigenvalue weighted by Crippen LogP contribution is 2.31. The molecule has 0 aromatic heterocycles. The largest absolute Gasteiger partial charge is 0.416 e. The van der Waals surface area contributed by atoms with Gasteiger partial charge in [-0.15, -0.1) is 0 Å². The summed E-state index contributed by atoms with van der Waals surface area (Å²) >= 11 is 0. The lowest BCUT2D eigenvalue weighted by Gasteiger charge is -2.05. The van der Waals surface area contributed by atoms with Crippen molar-refractivity contribution < 1.29 is 18.0 Å². The average Bonchev–Trinajstić information content (AvgIpc) is 2.67. The molecule has 28 heavy (non-hydrogen) atoms. The van der Waals surface area contributed by atoms with Gasteiger partial charge in [0.15, 0.2) is 0 Å². The Morgan fingerprint density at radius 2 is 1.18 bits per heavy atom. The molecule has 0 saturated carbocycles. The first kappa shape index (κ1) is 19.5. The smallest absolute Gasteiger partial charge is 0.300 e. The van der Waals surface area contributed by atoms with E-state index in [1.807, 2.05) is 36.4 Å². The minimum atomic E-state index is -4.37. The van der Waals surface area contributed by atoms with E-state index in [0.717, 1.165) is 28.8 Å². The number of alkyl halides is 3. The van der Waals surface area contributed by atoms with Gasteiger partial charge < -0.3 is 0 Å². The van der Waals surface area contributed by atoms with E-state index in [9.17, 15) is 18.0 Å². The van der Waals surface area contributed by atoms with E-state index < -0.39 is 11.7 Å². The lowest BCUT2D eigenvalue weighted by Crippen LogP contribution is -2.03. The van der Waals surface area contributed by atoms with Crippen molar-refractivity contribution >= 4 is 17.2 Å². The van der Waals surface area contributed by atoms with Gasteiger partial charge in [0.1, 0.15) is 5.78 Å². The van der Waals surface area contributed by atoms with E-state index in [0.29, 0.717) is 17.8 Å². The molecule has 0 atom stereocenters. The molecule has 3 aromatic rings. The third-order valence-electron chi connectivity index (χ3n) is 4.08. The van der Waals surface area contributed by atoms with Crippen LogP contribution in [-0.4, -0.2) is 5.78 Å². The van der Waals surface area contributed by atoms with Gasteiger partial charge in [-0.25, -0.2) is 0 Å². The van der Waals surface area contributed by atoms with Crippen LogP contribution >= 0.6 is 0 Å². The predicted molar refractivity (Wildman–Crippen MR) is 102 cm³/mol. The van der Waals surface area contributed by atoms with E-state index >= 15 is 0 Å². The summed E-state index contributed by atoms with van der Waals surface area (Å²) in [6.45, 7) is 1.56. The van der Waals surface area contributed by atoms with Crippen molar-refractivity contribution in [3.8, 4) is 11.1 Å². The Labute approximate surface area is 160 Å². The van der Waals surface area contributed by atoms with E-state index in [-0.39, 0.29) is 5.78 Å². The number of hydrogen-bond donors (Lipinski definition) is 0. The summed E-state index contributed by atoms with van der Waals surface area (Å²) in [4.78, 5) is 11.2. The lowest BCUT2D eigenvalue weighted by molar-refractivity contribution is -0.137. The van der Waals surface area contributed by atoms with Gasteiger partial charge in [0.25, 0.3) is 0 Å². The highest BCUT2D eigenvalue weighted by Gasteiger charge is 2.29. The van der Waals surface area contributed by atoms with Crippen molar-refractivity contribution in [1.82, 2.24) is 0 Å². The fourth-order valence-electron chi connectivity index (χ4n) is 2.66. The van der Waals surface area contributed by atoms with Crippen LogP contribution in [0.3, 0.4) is 0 Å². The molecule has 0 spiro atoms. The van der Waals surface area contributed by atoms with Crippen molar-refractivity contribution in [2.45, 2.75) is 19.5 Å². The number of carbonyl (C=O) groups excluding carboxylic acids is 1. The lowest BCUT2D eigenvalue weighted by atomic mass is 10.0. The summed E-state index contributed by atoms with van der Waals surface area (Å²) in [7, 11) is 0. The van der Waals surface area contributed by atoms with Gasteiger partial charge in [-0.1, -0.05) is 36.4 Å². The maximum atomic E-state index is 12.6. The van der Waals surface area contributed by atoms with Crippen LogP contribution in [-0.2, 0) is 17.4 Å². The highest BCUT2D eigenvalue weighted by atomic mass is 19.4. The molecule has 0 aliphatic carbocycles. The molecule has 0 saturated heterocycles. The van der Waals surface area contributed by atoms with E-state index in [1.165, 1.54) is 12.1 Å². The molecule has 6 heteroatoms. The summed E-state index contributed by atoms with van der Waals surface area (Å²) in [5.41, 5.74) is 3.19. The second-order valence-electron chi connectivity index (χ2n) is 6.37. The van der Waals surface area contributed by atoms with Crippen LogP contribution in [0.5, 0.6) is 0 Å². The van der Waals surface area contributed by atoms with Gasteiger partial charge >= 0.3 is 6.18 Å². The van der Waals surface area contributed by atoms with Crippen LogP contribution in [0.15, 0.2) is 83.0 Å². The molecule has 0 radical (unpaired) electrons. The van der Waals surface area contributed by atoms with E-state index in [2.05, 4.69) is 10.2 Å². The summed E-state index contributed by atoms with van der Waals surface area (Å²) in [6, 6.07) is 19.6. The molecule has 0 amide bonds. The minimum Gasteiger partial charge on any atom is -0.300 e. The van der Waals surface area contributed by atoms with Gasteiger partial charge in [-0.05, 0) is 60.0 Å². The number of ketones is 1. The third kappa shape index (κ3) is 5.13. The molecular weight excluding hydrogens is 365 g/mol. The fraction of sp³-hybridized carbons (Fsp3) is 0.136. The summed E-state index contributed by atoms with van der Waals surface area (Å²) in [5.74, 6) is 0.121. The first-order chi connectivity index (χ1) is 13.3. The molecule has 0 fully saturated rings. The molecule has 3 nitrogen and oxygen atoms in total. The number of benzene rings is 3. The molecule has 3 aromatic carbocycles. The van der Waals surface area contributed by atoms with Gasteiger partial charge in [-0.3, -0.25) is 4.79 Å². The monoisotopic (exact) mass is 382 g/mol. The second-order valence-corrected chi connectivity index (χ2v) is 6.37. The van der Waals surface area contributed by atoms with Crippen LogP contribution in [0, 0.1) is 0 Å². The van der Waals surface area contributed by atoms with Crippen molar-refractivity contribution in [3.05, 3.63) is 83.9 Å². The Balaban J connectivity index is 1.68. The Morgan fingerprint density at radius 1 is 0.750 bits per heavy atom. The number of rotatable bonds is 5. The van der Waals surface area contributed by atoms with Gasteiger partial charge in [-0.2, -0.15) is 23.4 Å². The maximum absolute atomic E-state index is 12.6. The Morgan fingerprint density at radius 3 is 1.61 bits per heavy atom. The van der Waals surface area contributed by atoms with Crippen molar-refractivity contribution in [3.63, 3.8) is 0 Å². The van der Waals surface area contributed by atoms with Crippen LogP contribution in [0.2, 0.25) is 0 Å². The first-order valence-electron chi connectivity index (χ1n) is 8.59. The zero-order valence-corrected chi connectivity index (χ0v) is 15.1. The van der Waals surface area contributed by atoms with Crippen molar-refractivity contribution in [2.24, 2.45) is 10.2 Å². The van der Waals surface area contributed by atoms with Gasteiger partial charge in [0.2, 0.25) is 0 Å². The van der Waals surface area contributed by atoms with Crippen LogP contribution < -0.4 is 0 Å². The van der Waals surface area contributed by atoms with Crippen molar-refractivity contribution in [1.29, 1.82) is 0 Å².